The number of rotatable bonds is 1. The third-order valence-corrected chi connectivity index (χ3v) is 2.95. The number of hydrogen-bond donors (Lipinski definition) is 1. The van der Waals surface area contributed by atoms with Crippen molar-refractivity contribution < 1.29 is 9.53 Å². The zero-order valence-corrected chi connectivity index (χ0v) is 9.14. The molecule has 17 heavy (non-hydrogen) atoms. The lowest BCUT2D eigenvalue weighted by Gasteiger charge is -2.17. The number of fused-ring (bicyclic) bond motifs is 3. The maximum atomic E-state index is 11.2. The van der Waals surface area contributed by atoms with Crippen molar-refractivity contribution in [1.82, 2.24) is 0 Å². The monoisotopic (exact) mass is 225 g/mol. The third kappa shape index (κ3) is 1.56. The summed E-state index contributed by atoms with van der Waals surface area (Å²) in [4.78, 5) is 11.2. The molecule has 0 radical (unpaired) electrons. The van der Waals surface area contributed by atoms with Crippen LogP contribution in [0.1, 0.15) is 5.56 Å². The molecule has 3 nitrogen and oxygen atoms in total. The van der Waals surface area contributed by atoms with Crippen LogP contribution in [-0.2, 0) is 4.79 Å². The topological polar surface area (TPSA) is 52.3 Å². The van der Waals surface area contributed by atoms with Gasteiger partial charge < -0.3 is 10.5 Å². The van der Waals surface area contributed by atoms with E-state index in [0.717, 1.165) is 22.1 Å². The molecular formula is C14H11NO2. The molecule has 0 aliphatic carbocycles. The van der Waals surface area contributed by atoms with Gasteiger partial charge in [-0.25, -0.2) is 0 Å². The molecule has 2 N–H and O–H groups in total. The molecule has 0 bridgehead atoms. The Morgan fingerprint density at radius 1 is 1.18 bits per heavy atom. The van der Waals surface area contributed by atoms with Gasteiger partial charge >= 0.3 is 0 Å². The van der Waals surface area contributed by atoms with E-state index in [2.05, 4.69) is 0 Å². The summed E-state index contributed by atoms with van der Waals surface area (Å²) in [6.07, 6.45) is 1.82. The van der Waals surface area contributed by atoms with Gasteiger partial charge in [0, 0.05) is 5.56 Å². The second-order valence-electron chi connectivity index (χ2n) is 4.02. The Bertz CT molecular complexity index is 644. The molecule has 0 saturated carbocycles. The molecule has 1 heterocycles. The van der Waals surface area contributed by atoms with E-state index in [0.29, 0.717) is 5.57 Å². The van der Waals surface area contributed by atoms with Gasteiger partial charge in [0.1, 0.15) is 12.4 Å². The average Bonchev–Trinajstić information content (AvgIpc) is 2.38. The minimum absolute atomic E-state index is 0.251. The lowest BCUT2D eigenvalue weighted by Crippen LogP contribution is -2.21. The molecule has 3 rings (SSSR count). The standard InChI is InChI=1S/C14H11NO2/c15-14(16)10-7-12-11-4-2-1-3-9(11)5-6-13(12)17-8-10/h1-7H,8H2,(H2,15,16). The Hall–Kier alpha value is -2.29. The average molecular weight is 225 g/mol. The summed E-state index contributed by atoms with van der Waals surface area (Å²) in [6.45, 7) is 0.251. The van der Waals surface area contributed by atoms with Crippen molar-refractivity contribution in [1.29, 1.82) is 0 Å². The van der Waals surface area contributed by atoms with E-state index < -0.39 is 5.91 Å². The van der Waals surface area contributed by atoms with Crippen LogP contribution in [-0.4, -0.2) is 12.5 Å². The van der Waals surface area contributed by atoms with Gasteiger partial charge in [-0.15, -0.1) is 0 Å². The Morgan fingerprint density at radius 2 is 2.00 bits per heavy atom. The maximum absolute atomic E-state index is 11.2. The first-order valence-corrected chi connectivity index (χ1v) is 5.40. The predicted octanol–water partition coefficient (Wildman–Crippen LogP) is 2.10. The van der Waals surface area contributed by atoms with Crippen LogP contribution in [0.15, 0.2) is 42.0 Å². The van der Waals surface area contributed by atoms with Gasteiger partial charge in [0.2, 0.25) is 5.91 Å². The van der Waals surface area contributed by atoms with Gasteiger partial charge in [-0.2, -0.15) is 0 Å². The molecule has 1 amide bonds. The van der Waals surface area contributed by atoms with E-state index in [1.165, 1.54) is 0 Å². The first-order valence-electron chi connectivity index (χ1n) is 5.40. The Morgan fingerprint density at radius 3 is 2.82 bits per heavy atom. The van der Waals surface area contributed by atoms with Crippen LogP contribution in [0.3, 0.4) is 0 Å². The van der Waals surface area contributed by atoms with E-state index in [1.54, 1.807) is 0 Å². The van der Waals surface area contributed by atoms with Crippen molar-refractivity contribution in [2.75, 3.05) is 6.61 Å². The van der Waals surface area contributed by atoms with Crippen LogP contribution in [0, 0.1) is 0 Å². The first-order chi connectivity index (χ1) is 8.25. The summed E-state index contributed by atoms with van der Waals surface area (Å²) >= 11 is 0. The highest BCUT2D eigenvalue weighted by atomic mass is 16.5. The zero-order chi connectivity index (χ0) is 11.8. The van der Waals surface area contributed by atoms with Crippen molar-refractivity contribution in [2.24, 2.45) is 5.73 Å². The highest BCUT2D eigenvalue weighted by Gasteiger charge is 2.16. The minimum Gasteiger partial charge on any atom is -0.488 e. The van der Waals surface area contributed by atoms with Crippen molar-refractivity contribution in [2.45, 2.75) is 0 Å². The lowest BCUT2D eigenvalue weighted by molar-refractivity contribution is -0.114. The van der Waals surface area contributed by atoms with Crippen LogP contribution in [0.2, 0.25) is 0 Å². The van der Waals surface area contributed by atoms with Crippen molar-refractivity contribution in [3.05, 3.63) is 47.5 Å². The predicted molar refractivity (Wildman–Crippen MR) is 66.6 cm³/mol. The second-order valence-corrected chi connectivity index (χ2v) is 4.02. The van der Waals surface area contributed by atoms with Gasteiger partial charge in [0.25, 0.3) is 0 Å². The molecule has 1 aliphatic rings. The number of benzene rings is 2. The molecule has 0 fully saturated rings. The number of carbonyl (C=O) groups excluding carboxylic acids is 1. The van der Waals surface area contributed by atoms with Gasteiger partial charge in [0.05, 0.1) is 5.57 Å². The van der Waals surface area contributed by atoms with Crippen LogP contribution >= 0.6 is 0 Å². The molecule has 2 aromatic carbocycles. The minimum atomic E-state index is -0.427. The van der Waals surface area contributed by atoms with Gasteiger partial charge in [0.15, 0.2) is 0 Å². The van der Waals surface area contributed by atoms with Crippen LogP contribution in [0.5, 0.6) is 5.75 Å². The van der Waals surface area contributed by atoms with E-state index in [4.69, 9.17) is 10.5 Å². The van der Waals surface area contributed by atoms with Crippen LogP contribution in [0.25, 0.3) is 16.8 Å². The molecular weight excluding hydrogens is 214 g/mol. The summed E-state index contributed by atoms with van der Waals surface area (Å²) in [5, 5.41) is 2.19. The number of amides is 1. The lowest BCUT2D eigenvalue weighted by atomic mass is 9.99. The molecule has 2 aromatic rings. The fourth-order valence-corrected chi connectivity index (χ4v) is 2.06. The summed E-state index contributed by atoms with van der Waals surface area (Å²) in [5.74, 6) is 0.372. The van der Waals surface area contributed by atoms with Crippen molar-refractivity contribution in [3.8, 4) is 5.75 Å². The zero-order valence-electron chi connectivity index (χ0n) is 9.14. The van der Waals surface area contributed by atoms with Crippen LogP contribution in [0.4, 0.5) is 0 Å². The second kappa shape index (κ2) is 3.63. The summed E-state index contributed by atoms with van der Waals surface area (Å²) in [7, 11) is 0. The molecule has 0 spiro atoms. The highest BCUT2D eigenvalue weighted by Crippen LogP contribution is 2.32. The van der Waals surface area contributed by atoms with E-state index in [1.807, 2.05) is 42.5 Å². The fraction of sp³-hybridized carbons (Fsp3) is 0.0714. The van der Waals surface area contributed by atoms with Gasteiger partial charge in [-0.05, 0) is 22.9 Å². The largest absolute Gasteiger partial charge is 0.488 e. The maximum Gasteiger partial charge on any atom is 0.248 e. The molecule has 0 saturated heterocycles. The first kappa shape index (κ1) is 9.90. The normalized spacial score (nSPS) is 13.8. The van der Waals surface area contributed by atoms with Gasteiger partial charge in [-0.3, -0.25) is 4.79 Å². The smallest absolute Gasteiger partial charge is 0.248 e. The quantitative estimate of drug-likeness (QED) is 0.808. The van der Waals surface area contributed by atoms with E-state index >= 15 is 0 Å². The molecule has 0 unspecified atom stereocenters. The number of hydrogen-bond acceptors (Lipinski definition) is 2. The molecule has 84 valence electrons. The van der Waals surface area contributed by atoms with Crippen molar-refractivity contribution in [3.63, 3.8) is 0 Å². The molecule has 3 heteroatoms. The summed E-state index contributed by atoms with van der Waals surface area (Å²) in [6, 6.07) is 11.9. The molecule has 0 aromatic heterocycles. The number of ether oxygens (including phenoxy) is 1. The highest BCUT2D eigenvalue weighted by molar-refractivity contribution is 6.02. The fourth-order valence-electron chi connectivity index (χ4n) is 2.06. The Labute approximate surface area is 98.5 Å². The number of carbonyl (C=O) groups is 1. The number of nitrogens with two attached hydrogens (primary N) is 1. The third-order valence-electron chi connectivity index (χ3n) is 2.95. The Kier molecular flexibility index (Phi) is 2.11. The number of primary amides is 1. The van der Waals surface area contributed by atoms with Crippen LogP contribution < -0.4 is 10.5 Å². The SMILES string of the molecule is NC(=O)C1=Cc2c(ccc3ccccc23)OC1. The van der Waals surface area contributed by atoms with E-state index in [-0.39, 0.29) is 6.61 Å². The summed E-state index contributed by atoms with van der Waals surface area (Å²) in [5.41, 5.74) is 6.72. The Balaban J connectivity index is 2.30. The molecule has 1 aliphatic heterocycles. The van der Waals surface area contributed by atoms with Crippen molar-refractivity contribution >= 4 is 22.8 Å². The van der Waals surface area contributed by atoms with E-state index in [9.17, 15) is 4.79 Å². The molecule has 0 atom stereocenters. The van der Waals surface area contributed by atoms with Gasteiger partial charge in [-0.1, -0.05) is 30.3 Å². The summed E-state index contributed by atoms with van der Waals surface area (Å²) < 4.78 is 5.54.